The Morgan fingerprint density at radius 2 is 2.13 bits per heavy atom. The van der Waals surface area contributed by atoms with Crippen molar-refractivity contribution in [2.45, 2.75) is 13.1 Å². The monoisotopic (exact) mass is 346 g/mol. The molecule has 2 aromatic heterocycles. The van der Waals surface area contributed by atoms with Crippen molar-refractivity contribution in [2.75, 3.05) is 5.32 Å². The van der Waals surface area contributed by atoms with E-state index in [1.54, 1.807) is 47.0 Å². The Hall–Kier alpha value is -2.24. The second-order valence-corrected chi connectivity index (χ2v) is 6.48. The van der Waals surface area contributed by atoms with Crippen molar-refractivity contribution in [3.63, 3.8) is 0 Å². The molecule has 2 amide bonds. The number of urea groups is 1. The zero-order valence-corrected chi connectivity index (χ0v) is 13.8. The van der Waals surface area contributed by atoms with Crippen LogP contribution in [0.15, 0.2) is 64.8 Å². The maximum Gasteiger partial charge on any atom is 0.322 e. The number of furan rings is 1. The molecule has 2 heterocycles. The molecule has 0 aliphatic carbocycles. The highest BCUT2D eigenvalue weighted by atomic mass is 35.5. The van der Waals surface area contributed by atoms with Crippen LogP contribution in [0.1, 0.15) is 10.4 Å². The third kappa shape index (κ3) is 4.37. The van der Waals surface area contributed by atoms with Gasteiger partial charge in [-0.3, -0.25) is 0 Å². The van der Waals surface area contributed by atoms with E-state index in [1.807, 2.05) is 29.6 Å². The van der Waals surface area contributed by atoms with Gasteiger partial charge in [-0.2, -0.15) is 0 Å². The second kappa shape index (κ2) is 7.35. The van der Waals surface area contributed by atoms with Crippen LogP contribution >= 0.6 is 22.9 Å². The molecule has 0 fully saturated rings. The van der Waals surface area contributed by atoms with E-state index >= 15 is 0 Å². The van der Waals surface area contributed by atoms with E-state index < -0.39 is 0 Å². The molecule has 0 bridgehead atoms. The summed E-state index contributed by atoms with van der Waals surface area (Å²) >= 11 is 7.59. The van der Waals surface area contributed by atoms with Gasteiger partial charge < -0.3 is 14.6 Å². The lowest BCUT2D eigenvalue weighted by Gasteiger charge is -2.22. The number of rotatable bonds is 5. The molecule has 0 spiro atoms. The minimum atomic E-state index is -0.179. The van der Waals surface area contributed by atoms with Crippen molar-refractivity contribution in [1.82, 2.24) is 4.90 Å². The van der Waals surface area contributed by atoms with E-state index in [0.717, 1.165) is 10.4 Å². The van der Waals surface area contributed by atoms with Crippen molar-refractivity contribution < 1.29 is 9.21 Å². The predicted molar refractivity (Wildman–Crippen MR) is 92.7 cm³/mol. The van der Waals surface area contributed by atoms with Crippen LogP contribution < -0.4 is 5.32 Å². The van der Waals surface area contributed by atoms with Crippen LogP contribution in [0.4, 0.5) is 10.5 Å². The number of amides is 2. The van der Waals surface area contributed by atoms with Crippen molar-refractivity contribution in [1.29, 1.82) is 0 Å². The lowest BCUT2D eigenvalue weighted by molar-refractivity contribution is 0.207. The molecule has 6 heteroatoms. The van der Waals surface area contributed by atoms with Crippen LogP contribution in [0.3, 0.4) is 0 Å². The molecule has 3 rings (SSSR count). The fraction of sp³-hybridized carbons (Fsp3) is 0.118. The van der Waals surface area contributed by atoms with Gasteiger partial charge in [-0.15, -0.1) is 11.3 Å². The molecule has 1 aromatic carbocycles. The van der Waals surface area contributed by atoms with Gasteiger partial charge in [-0.25, -0.2) is 4.79 Å². The van der Waals surface area contributed by atoms with Crippen LogP contribution in [0.5, 0.6) is 0 Å². The summed E-state index contributed by atoms with van der Waals surface area (Å²) in [6.45, 7) is 1.01. The summed E-state index contributed by atoms with van der Waals surface area (Å²) in [5, 5.41) is 5.47. The number of carbonyl (C=O) groups is 1. The number of hydrogen-bond donors (Lipinski definition) is 1. The Kier molecular flexibility index (Phi) is 5.00. The van der Waals surface area contributed by atoms with E-state index in [-0.39, 0.29) is 6.03 Å². The molecule has 0 saturated heterocycles. The molecule has 3 aromatic rings. The Balaban J connectivity index is 1.74. The van der Waals surface area contributed by atoms with Crippen molar-refractivity contribution in [2.24, 2.45) is 0 Å². The molecule has 0 aliphatic rings. The summed E-state index contributed by atoms with van der Waals surface area (Å²) in [7, 11) is 0. The normalized spacial score (nSPS) is 10.5. The standard InChI is InChI=1S/C17H15ClN2O2S/c18-14-3-1-4-15(9-14)19-17(21)20(10-13-6-7-22-12-13)11-16-5-2-8-23-16/h1-9,12H,10-11H2,(H,19,21). The molecule has 4 nitrogen and oxygen atoms in total. The van der Waals surface area contributed by atoms with Crippen LogP contribution in [-0.2, 0) is 13.1 Å². The van der Waals surface area contributed by atoms with Crippen LogP contribution in [0.25, 0.3) is 0 Å². The Bertz CT molecular complexity index is 721. The highest BCUT2D eigenvalue weighted by Crippen LogP contribution is 2.18. The summed E-state index contributed by atoms with van der Waals surface area (Å²) < 4.78 is 5.09. The molecule has 0 unspecified atom stereocenters. The summed E-state index contributed by atoms with van der Waals surface area (Å²) in [5.41, 5.74) is 1.62. The zero-order valence-electron chi connectivity index (χ0n) is 12.2. The van der Waals surface area contributed by atoms with E-state index in [4.69, 9.17) is 16.0 Å². The van der Waals surface area contributed by atoms with E-state index in [2.05, 4.69) is 5.32 Å². The van der Waals surface area contributed by atoms with Crippen molar-refractivity contribution in [3.05, 3.63) is 75.8 Å². The van der Waals surface area contributed by atoms with Crippen LogP contribution in [0.2, 0.25) is 5.02 Å². The average molecular weight is 347 g/mol. The van der Waals surface area contributed by atoms with Crippen LogP contribution in [-0.4, -0.2) is 10.9 Å². The highest BCUT2D eigenvalue weighted by Gasteiger charge is 2.16. The van der Waals surface area contributed by atoms with E-state index in [1.165, 1.54) is 0 Å². The first-order valence-electron chi connectivity index (χ1n) is 7.05. The minimum Gasteiger partial charge on any atom is -0.472 e. The van der Waals surface area contributed by atoms with Gasteiger partial charge >= 0.3 is 6.03 Å². The van der Waals surface area contributed by atoms with Gasteiger partial charge in [-0.05, 0) is 35.7 Å². The van der Waals surface area contributed by atoms with Gasteiger partial charge in [0.2, 0.25) is 0 Å². The smallest absolute Gasteiger partial charge is 0.322 e. The maximum absolute atomic E-state index is 12.6. The molecule has 0 radical (unpaired) electrons. The Labute approximate surface area is 143 Å². The molecule has 0 saturated carbocycles. The quantitative estimate of drug-likeness (QED) is 0.687. The zero-order chi connectivity index (χ0) is 16.1. The van der Waals surface area contributed by atoms with Gasteiger partial charge in [0.15, 0.2) is 0 Å². The van der Waals surface area contributed by atoms with Gasteiger partial charge in [0.05, 0.1) is 25.6 Å². The number of thiophene rings is 1. The van der Waals surface area contributed by atoms with Crippen molar-refractivity contribution in [3.8, 4) is 0 Å². The molecular formula is C17H15ClN2O2S. The summed E-state index contributed by atoms with van der Waals surface area (Å²) in [4.78, 5) is 15.5. The fourth-order valence-electron chi connectivity index (χ4n) is 2.16. The topological polar surface area (TPSA) is 45.5 Å². The first kappa shape index (κ1) is 15.6. The number of nitrogens with zero attached hydrogens (tertiary/aromatic N) is 1. The molecule has 1 N–H and O–H groups in total. The molecule has 0 atom stereocenters. The molecule has 0 aliphatic heterocycles. The lowest BCUT2D eigenvalue weighted by atomic mass is 10.3. The second-order valence-electron chi connectivity index (χ2n) is 5.01. The largest absolute Gasteiger partial charge is 0.472 e. The highest BCUT2D eigenvalue weighted by molar-refractivity contribution is 7.09. The SMILES string of the molecule is O=C(Nc1cccc(Cl)c1)N(Cc1ccoc1)Cc1cccs1. The predicted octanol–water partition coefficient (Wildman–Crippen LogP) is 5.23. The van der Waals surface area contributed by atoms with Gasteiger partial charge in [0, 0.05) is 21.2 Å². The number of anilines is 1. The van der Waals surface area contributed by atoms with Crippen molar-refractivity contribution >= 4 is 34.7 Å². The van der Waals surface area contributed by atoms with Crippen LogP contribution in [0, 0.1) is 0 Å². The summed E-state index contributed by atoms with van der Waals surface area (Å²) in [5.74, 6) is 0. The number of carbonyl (C=O) groups excluding carboxylic acids is 1. The molecule has 118 valence electrons. The molecule has 23 heavy (non-hydrogen) atoms. The Morgan fingerprint density at radius 3 is 2.83 bits per heavy atom. The molecular weight excluding hydrogens is 332 g/mol. The maximum atomic E-state index is 12.6. The van der Waals surface area contributed by atoms with E-state index in [9.17, 15) is 4.79 Å². The number of hydrogen-bond acceptors (Lipinski definition) is 3. The average Bonchev–Trinajstić information content (AvgIpc) is 3.20. The summed E-state index contributed by atoms with van der Waals surface area (Å²) in [6, 6.07) is 12.8. The van der Waals surface area contributed by atoms with Gasteiger partial charge in [0.25, 0.3) is 0 Å². The lowest BCUT2D eigenvalue weighted by Crippen LogP contribution is -2.33. The first-order valence-corrected chi connectivity index (χ1v) is 8.31. The first-order chi connectivity index (χ1) is 11.2. The Morgan fingerprint density at radius 1 is 1.22 bits per heavy atom. The summed E-state index contributed by atoms with van der Waals surface area (Å²) in [6.07, 6.45) is 3.25. The third-order valence-corrected chi connectivity index (χ3v) is 4.34. The fourth-order valence-corrected chi connectivity index (χ4v) is 3.07. The van der Waals surface area contributed by atoms with E-state index in [0.29, 0.717) is 23.8 Å². The van der Waals surface area contributed by atoms with Gasteiger partial charge in [-0.1, -0.05) is 23.7 Å². The van der Waals surface area contributed by atoms with Gasteiger partial charge in [0.1, 0.15) is 0 Å². The number of halogens is 1. The third-order valence-electron chi connectivity index (χ3n) is 3.24. The minimum absolute atomic E-state index is 0.179. The number of nitrogens with one attached hydrogen (secondary N) is 1. The number of benzene rings is 1.